The second-order valence-corrected chi connectivity index (χ2v) is 4.29. The van der Waals surface area contributed by atoms with Crippen LogP contribution in [-0.2, 0) is 0 Å². The fourth-order valence-corrected chi connectivity index (χ4v) is 0.677. The van der Waals surface area contributed by atoms with Crippen LogP contribution in [0.15, 0.2) is 0 Å². The third-order valence-corrected chi connectivity index (χ3v) is 1.21. The molecule has 0 saturated heterocycles. The van der Waals surface area contributed by atoms with Crippen molar-refractivity contribution in [1.29, 1.82) is 0 Å². The fourth-order valence-electron chi connectivity index (χ4n) is 0.677. The van der Waals surface area contributed by atoms with Gasteiger partial charge in [-0.05, 0) is 0 Å². The highest BCUT2D eigenvalue weighted by atomic mass is 35.6. The largest absolute Gasteiger partial charge is 0.180 e. The van der Waals surface area contributed by atoms with E-state index in [4.69, 9.17) is 34.8 Å². The molecule has 0 bridgehead atoms. The zero-order valence-electron chi connectivity index (χ0n) is 7.25. The summed E-state index contributed by atoms with van der Waals surface area (Å²) in [5.41, 5.74) is 0. The lowest BCUT2D eigenvalue weighted by molar-refractivity contribution is 0.656. The highest BCUT2D eigenvalue weighted by Gasteiger charge is 1.80. The summed E-state index contributed by atoms with van der Waals surface area (Å²) in [4.78, 5) is 0. The van der Waals surface area contributed by atoms with E-state index < -0.39 is 4.30 Å². The van der Waals surface area contributed by atoms with Crippen LogP contribution in [0.4, 0.5) is 0 Å². The monoisotopic (exact) mass is 218 g/mol. The smallest absolute Gasteiger partial charge is 0.0874 e. The molecule has 0 nitrogen and oxygen atoms in total. The molecular weight excluding hydrogens is 202 g/mol. The summed E-state index contributed by atoms with van der Waals surface area (Å²) in [6, 6.07) is 0. The van der Waals surface area contributed by atoms with Crippen molar-refractivity contribution < 1.29 is 0 Å². The first kappa shape index (κ1) is 14.4. The number of rotatable bonds is 4. The summed E-state index contributed by atoms with van der Waals surface area (Å²) in [5, 5.41) is 0. The van der Waals surface area contributed by atoms with Crippen molar-refractivity contribution in [3.8, 4) is 0 Å². The van der Waals surface area contributed by atoms with Crippen molar-refractivity contribution >= 4 is 34.8 Å². The zero-order valence-corrected chi connectivity index (χ0v) is 9.51. The normalized spacial score (nSPS) is 9.27. The van der Waals surface area contributed by atoms with Crippen molar-refractivity contribution in [2.45, 2.75) is 50.2 Å². The molecule has 0 rings (SSSR count). The molecule has 70 valence electrons. The summed E-state index contributed by atoms with van der Waals surface area (Å²) >= 11 is 14.4. The zero-order chi connectivity index (χ0) is 9.11. The molecule has 0 spiro atoms. The lowest BCUT2D eigenvalue weighted by Crippen LogP contribution is -1.70. The second kappa shape index (κ2) is 13.5. The van der Waals surface area contributed by atoms with Crippen LogP contribution in [-0.4, -0.2) is 4.30 Å². The van der Waals surface area contributed by atoms with Crippen LogP contribution in [0.5, 0.6) is 0 Å². The average molecular weight is 220 g/mol. The van der Waals surface area contributed by atoms with Crippen molar-refractivity contribution in [3.05, 3.63) is 0 Å². The summed E-state index contributed by atoms with van der Waals surface area (Å²) in [7, 11) is 0. The van der Waals surface area contributed by atoms with Gasteiger partial charge in [0.1, 0.15) is 0 Å². The molecule has 0 heterocycles. The highest BCUT2D eigenvalue weighted by Crippen LogP contribution is 2.03. The Morgan fingerprint density at radius 3 is 1.27 bits per heavy atom. The Kier molecular flexibility index (Phi) is 17.6. The molecule has 0 N–H and O–H groups in total. The fraction of sp³-hybridized carbons (Fsp3) is 1.00. The number of hydrogen-bond acceptors (Lipinski definition) is 0. The van der Waals surface area contributed by atoms with E-state index >= 15 is 0 Å². The van der Waals surface area contributed by atoms with Gasteiger partial charge in [0.25, 0.3) is 0 Å². The molecule has 0 fully saturated rings. The Morgan fingerprint density at radius 2 is 1.09 bits per heavy atom. The van der Waals surface area contributed by atoms with Crippen molar-refractivity contribution in [3.63, 3.8) is 0 Å². The van der Waals surface area contributed by atoms with Crippen LogP contribution >= 0.6 is 34.8 Å². The van der Waals surface area contributed by atoms with Crippen molar-refractivity contribution in [1.82, 2.24) is 0 Å². The maximum atomic E-state index is 4.81. The predicted molar refractivity (Wildman–Crippen MR) is 55.8 cm³/mol. The molecule has 0 amide bonds. The predicted octanol–water partition coefficient (Wildman–Crippen LogP) is 4.96. The molecule has 0 unspecified atom stereocenters. The summed E-state index contributed by atoms with van der Waals surface area (Å²) in [6.45, 7) is 4.49. The van der Waals surface area contributed by atoms with Crippen LogP contribution in [0.3, 0.4) is 0 Å². The lowest BCUT2D eigenvalue weighted by atomic mass is 10.2. The summed E-state index contributed by atoms with van der Waals surface area (Å²) in [6.07, 6.45) is 7.01. The van der Waals surface area contributed by atoms with Gasteiger partial charge in [0, 0.05) is 0 Å². The van der Waals surface area contributed by atoms with Gasteiger partial charge in [0.2, 0.25) is 0 Å². The maximum Gasteiger partial charge on any atom is 0.180 e. The number of alkyl halides is 3. The van der Waals surface area contributed by atoms with E-state index in [-0.39, 0.29) is 0 Å². The number of halogens is 3. The lowest BCUT2D eigenvalue weighted by Gasteiger charge is -1.90. The minimum absolute atomic E-state index is 0.750. The molecule has 0 aliphatic heterocycles. The van der Waals surface area contributed by atoms with E-state index in [9.17, 15) is 0 Å². The molecule has 0 saturated carbocycles. The SMILES string of the molecule is CCCCCCC.ClC(Cl)Cl. The minimum atomic E-state index is -0.750. The Balaban J connectivity index is 0. The van der Waals surface area contributed by atoms with Crippen LogP contribution in [0.1, 0.15) is 46.0 Å². The molecular formula is C8H17Cl3. The topological polar surface area (TPSA) is 0 Å². The molecule has 0 atom stereocenters. The Morgan fingerprint density at radius 1 is 0.818 bits per heavy atom. The van der Waals surface area contributed by atoms with Gasteiger partial charge in [-0.15, -0.1) is 0 Å². The van der Waals surface area contributed by atoms with Gasteiger partial charge in [-0.3, -0.25) is 0 Å². The molecule has 0 aromatic carbocycles. The molecule has 0 aliphatic rings. The van der Waals surface area contributed by atoms with Gasteiger partial charge in [-0.1, -0.05) is 80.8 Å². The van der Waals surface area contributed by atoms with Gasteiger partial charge in [0.05, 0.1) is 0 Å². The van der Waals surface area contributed by atoms with E-state index in [0.29, 0.717) is 0 Å². The van der Waals surface area contributed by atoms with Crippen LogP contribution in [0.2, 0.25) is 0 Å². The first-order valence-electron chi connectivity index (χ1n) is 4.07. The average Bonchev–Trinajstić information content (AvgIpc) is 1.88. The maximum absolute atomic E-state index is 4.81. The first-order valence-corrected chi connectivity index (χ1v) is 5.38. The van der Waals surface area contributed by atoms with Crippen LogP contribution in [0, 0.1) is 0 Å². The molecule has 0 aliphatic carbocycles. The Hall–Kier alpha value is 0.870. The second-order valence-electron chi connectivity index (χ2n) is 2.31. The third kappa shape index (κ3) is 36.1. The van der Waals surface area contributed by atoms with Gasteiger partial charge >= 0.3 is 0 Å². The van der Waals surface area contributed by atoms with Gasteiger partial charge in [-0.2, -0.15) is 0 Å². The molecule has 11 heavy (non-hydrogen) atoms. The van der Waals surface area contributed by atoms with E-state index in [1.54, 1.807) is 0 Å². The molecule has 0 aromatic rings. The number of hydrogen-bond donors (Lipinski definition) is 0. The van der Waals surface area contributed by atoms with Crippen molar-refractivity contribution in [2.75, 3.05) is 0 Å². The van der Waals surface area contributed by atoms with E-state index in [2.05, 4.69) is 13.8 Å². The first-order chi connectivity index (χ1) is 5.15. The minimum Gasteiger partial charge on any atom is -0.0874 e. The summed E-state index contributed by atoms with van der Waals surface area (Å²) in [5.74, 6) is 0. The summed E-state index contributed by atoms with van der Waals surface area (Å²) < 4.78 is -0.750. The van der Waals surface area contributed by atoms with Crippen LogP contribution in [0.25, 0.3) is 0 Å². The third-order valence-electron chi connectivity index (χ3n) is 1.21. The molecule has 0 aromatic heterocycles. The van der Waals surface area contributed by atoms with Gasteiger partial charge in [0.15, 0.2) is 4.30 Å². The standard InChI is InChI=1S/C7H16.CHCl3/c1-3-5-7-6-4-2;2-1(3)4/h3-7H2,1-2H3;1H. The number of unbranched alkanes of at least 4 members (excludes halogenated alkanes) is 4. The molecule has 3 heteroatoms. The van der Waals surface area contributed by atoms with Gasteiger partial charge in [-0.25, -0.2) is 0 Å². The van der Waals surface area contributed by atoms with E-state index in [1.165, 1.54) is 32.1 Å². The van der Waals surface area contributed by atoms with E-state index in [1.807, 2.05) is 0 Å². The highest BCUT2D eigenvalue weighted by molar-refractivity contribution is 6.63. The van der Waals surface area contributed by atoms with Gasteiger partial charge < -0.3 is 0 Å². The van der Waals surface area contributed by atoms with Crippen molar-refractivity contribution in [2.24, 2.45) is 0 Å². The Labute approximate surface area is 85.2 Å². The van der Waals surface area contributed by atoms with Crippen LogP contribution < -0.4 is 0 Å². The quantitative estimate of drug-likeness (QED) is 0.463. The Bertz CT molecular complexity index is 48.5. The molecule has 0 radical (unpaired) electrons. The van der Waals surface area contributed by atoms with E-state index in [0.717, 1.165) is 0 Å².